The maximum Gasteiger partial charge on any atom is 0.251 e. The second-order valence-corrected chi connectivity index (χ2v) is 9.32. The van der Waals surface area contributed by atoms with E-state index in [0.29, 0.717) is 29.0 Å². The molecule has 2 aromatic rings. The fourth-order valence-electron chi connectivity index (χ4n) is 4.31. The number of hydrogen-bond donors (Lipinski definition) is 2. The van der Waals surface area contributed by atoms with Crippen LogP contribution in [0.3, 0.4) is 0 Å². The Morgan fingerprint density at radius 3 is 2.41 bits per heavy atom. The molecule has 0 aliphatic carbocycles. The molecular formula is C21H25N3O4S. The minimum atomic E-state index is -3.79. The summed E-state index contributed by atoms with van der Waals surface area (Å²) in [6, 6.07) is 13.3. The molecule has 0 aromatic heterocycles. The lowest BCUT2D eigenvalue weighted by atomic mass is 9.79. The van der Waals surface area contributed by atoms with Crippen molar-refractivity contribution in [1.82, 2.24) is 10.2 Å². The van der Waals surface area contributed by atoms with Gasteiger partial charge in [0.25, 0.3) is 5.91 Å². The van der Waals surface area contributed by atoms with E-state index in [-0.39, 0.29) is 16.8 Å². The highest BCUT2D eigenvalue weighted by atomic mass is 32.2. The Morgan fingerprint density at radius 2 is 1.79 bits per heavy atom. The summed E-state index contributed by atoms with van der Waals surface area (Å²) in [5, 5.41) is 8.36. The number of sulfonamides is 1. The lowest BCUT2D eigenvalue weighted by Gasteiger charge is -2.49. The third kappa shape index (κ3) is 4.29. The minimum absolute atomic E-state index is 0.0161. The van der Waals surface area contributed by atoms with Gasteiger partial charge in [-0.05, 0) is 75.2 Å². The summed E-state index contributed by atoms with van der Waals surface area (Å²) in [5.74, 6) is 1.32. The van der Waals surface area contributed by atoms with Crippen LogP contribution < -0.4 is 15.2 Å². The third-order valence-electron chi connectivity index (χ3n) is 5.96. The van der Waals surface area contributed by atoms with E-state index in [1.165, 1.54) is 12.1 Å². The fraction of sp³-hybridized carbons (Fsp3) is 0.381. The Kier molecular flexibility index (Phi) is 5.33. The number of nitrogens with two attached hydrogens (primary N) is 1. The van der Waals surface area contributed by atoms with E-state index in [2.05, 4.69) is 17.1 Å². The molecule has 0 radical (unpaired) electrons. The molecule has 3 heterocycles. The van der Waals surface area contributed by atoms with Crippen LogP contribution in [-0.4, -0.2) is 44.4 Å². The Hall–Kier alpha value is -2.42. The maximum atomic E-state index is 12.7. The number of hydrogen-bond acceptors (Lipinski definition) is 5. The average Bonchev–Trinajstić information content (AvgIpc) is 2.71. The van der Waals surface area contributed by atoms with Gasteiger partial charge in [0, 0.05) is 23.7 Å². The number of nitrogens with zero attached hydrogens (tertiary/aromatic N) is 1. The van der Waals surface area contributed by atoms with Crippen LogP contribution in [0.15, 0.2) is 53.4 Å². The van der Waals surface area contributed by atoms with Gasteiger partial charge in [-0.2, -0.15) is 0 Å². The highest BCUT2D eigenvalue weighted by Crippen LogP contribution is 2.32. The molecule has 29 heavy (non-hydrogen) atoms. The second-order valence-electron chi connectivity index (χ2n) is 7.76. The van der Waals surface area contributed by atoms with Crippen LogP contribution in [0, 0.1) is 5.92 Å². The molecule has 2 unspecified atom stereocenters. The van der Waals surface area contributed by atoms with E-state index in [1.54, 1.807) is 36.4 Å². The van der Waals surface area contributed by atoms with Crippen molar-refractivity contribution in [2.75, 3.05) is 13.1 Å². The van der Waals surface area contributed by atoms with Crippen LogP contribution in [0.4, 0.5) is 0 Å². The number of amides is 1. The average molecular weight is 416 g/mol. The number of benzene rings is 2. The van der Waals surface area contributed by atoms with E-state index in [1.807, 2.05) is 0 Å². The molecule has 0 saturated carbocycles. The van der Waals surface area contributed by atoms with E-state index < -0.39 is 10.0 Å². The zero-order valence-corrected chi connectivity index (χ0v) is 17.1. The molecule has 2 bridgehead atoms. The van der Waals surface area contributed by atoms with Gasteiger partial charge in [0.1, 0.15) is 11.5 Å². The number of ether oxygens (including phenoxy) is 1. The Labute approximate surface area is 170 Å². The maximum absolute atomic E-state index is 12.7. The predicted octanol–water partition coefficient (Wildman–Crippen LogP) is 2.34. The van der Waals surface area contributed by atoms with Crippen LogP contribution in [-0.2, 0) is 10.0 Å². The van der Waals surface area contributed by atoms with Gasteiger partial charge in [0.15, 0.2) is 0 Å². The summed E-state index contributed by atoms with van der Waals surface area (Å²) < 4.78 is 28.6. The highest BCUT2D eigenvalue weighted by Gasteiger charge is 2.40. The summed E-state index contributed by atoms with van der Waals surface area (Å²) in [7, 11) is -3.79. The summed E-state index contributed by atoms with van der Waals surface area (Å²) in [4.78, 5) is 15.1. The van der Waals surface area contributed by atoms with Crippen molar-refractivity contribution < 1.29 is 17.9 Å². The van der Waals surface area contributed by atoms with Crippen LogP contribution in [0.2, 0.25) is 0 Å². The zero-order valence-electron chi connectivity index (χ0n) is 16.2. The summed E-state index contributed by atoms with van der Waals surface area (Å²) in [6.07, 6.45) is 2.28. The number of carbonyl (C=O) groups is 1. The number of carbonyl (C=O) groups excluding carboxylic acids is 1. The van der Waals surface area contributed by atoms with Crippen molar-refractivity contribution >= 4 is 15.9 Å². The first-order valence-corrected chi connectivity index (χ1v) is 11.3. The molecule has 2 atom stereocenters. The van der Waals surface area contributed by atoms with Gasteiger partial charge >= 0.3 is 0 Å². The van der Waals surface area contributed by atoms with Crippen molar-refractivity contribution in [2.24, 2.45) is 11.1 Å². The van der Waals surface area contributed by atoms with Crippen molar-refractivity contribution in [3.05, 3.63) is 54.1 Å². The lowest BCUT2D eigenvalue weighted by Crippen LogP contribution is -2.62. The minimum Gasteiger partial charge on any atom is -0.457 e. The van der Waals surface area contributed by atoms with Gasteiger partial charge in [0.05, 0.1) is 4.90 Å². The fourth-order valence-corrected chi connectivity index (χ4v) is 4.85. The molecule has 8 heteroatoms. The molecule has 3 saturated heterocycles. The van der Waals surface area contributed by atoms with Crippen LogP contribution in [0.1, 0.15) is 30.1 Å². The van der Waals surface area contributed by atoms with Crippen molar-refractivity contribution in [1.29, 1.82) is 0 Å². The van der Waals surface area contributed by atoms with Crippen molar-refractivity contribution in [2.45, 2.75) is 36.7 Å². The molecule has 3 fully saturated rings. The van der Waals surface area contributed by atoms with E-state index >= 15 is 0 Å². The highest BCUT2D eigenvalue weighted by molar-refractivity contribution is 7.89. The number of rotatable bonds is 5. The Bertz CT molecular complexity index is 997. The number of nitrogens with one attached hydrogen (secondary N) is 1. The second kappa shape index (κ2) is 7.78. The smallest absolute Gasteiger partial charge is 0.251 e. The summed E-state index contributed by atoms with van der Waals surface area (Å²) in [5.41, 5.74) is 0.569. The van der Waals surface area contributed by atoms with Crippen LogP contribution >= 0.6 is 0 Å². The molecule has 0 spiro atoms. The molecule has 7 nitrogen and oxygen atoms in total. The third-order valence-corrected chi connectivity index (χ3v) is 6.87. The number of primary sulfonamides is 1. The predicted molar refractivity (Wildman–Crippen MR) is 109 cm³/mol. The normalized spacial score (nSPS) is 26.1. The molecule has 3 aliphatic rings. The molecule has 3 N–H and O–H groups in total. The van der Waals surface area contributed by atoms with Crippen molar-refractivity contribution in [3.63, 3.8) is 0 Å². The lowest BCUT2D eigenvalue weighted by molar-refractivity contribution is 0.0217. The van der Waals surface area contributed by atoms with Gasteiger partial charge in [-0.1, -0.05) is 6.07 Å². The van der Waals surface area contributed by atoms with Gasteiger partial charge in [-0.3, -0.25) is 9.69 Å². The standard InChI is InChI=1S/C21H25N3O4S/c1-14-20(15-9-11-24(14)12-10-15)23-21(25)16-5-7-17(8-6-16)28-18-3-2-4-19(13-18)29(22,26)27/h2-8,13-15,20H,9-12H2,1H3,(H,23,25)(H2,22,26,27). The quantitative estimate of drug-likeness (QED) is 0.780. The Balaban J connectivity index is 1.42. The Morgan fingerprint density at radius 1 is 1.10 bits per heavy atom. The molecule has 1 amide bonds. The molecule has 3 aliphatic heterocycles. The molecule has 5 rings (SSSR count). The first kappa shape index (κ1) is 19.9. The molecular weight excluding hydrogens is 390 g/mol. The topological polar surface area (TPSA) is 102 Å². The number of fused-ring (bicyclic) bond motifs is 3. The zero-order chi connectivity index (χ0) is 20.6. The summed E-state index contributed by atoms with van der Waals surface area (Å²) >= 11 is 0. The largest absolute Gasteiger partial charge is 0.457 e. The van der Waals surface area contributed by atoms with Gasteiger partial charge in [-0.15, -0.1) is 0 Å². The SMILES string of the molecule is CC1C(NC(=O)c2ccc(Oc3cccc(S(N)(=O)=O)c3)cc2)C2CCN1CC2. The first-order chi connectivity index (χ1) is 13.8. The van der Waals surface area contributed by atoms with Crippen LogP contribution in [0.25, 0.3) is 0 Å². The van der Waals surface area contributed by atoms with Gasteiger partial charge in [-0.25, -0.2) is 13.6 Å². The first-order valence-electron chi connectivity index (χ1n) is 9.77. The van der Waals surface area contributed by atoms with E-state index in [4.69, 9.17) is 9.88 Å². The molecule has 154 valence electrons. The van der Waals surface area contributed by atoms with Gasteiger partial charge in [0.2, 0.25) is 10.0 Å². The van der Waals surface area contributed by atoms with E-state index in [9.17, 15) is 13.2 Å². The summed E-state index contributed by atoms with van der Waals surface area (Å²) in [6.45, 7) is 4.43. The molecule has 2 aromatic carbocycles. The monoisotopic (exact) mass is 415 g/mol. The van der Waals surface area contributed by atoms with E-state index in [0.717, 1.165) is 25.9 Å². The number of piperidine rings is 3. The van der Waals surface area contributed by atoms with Crippen molar-refractivity contribution in [3.8, 4) is 11.5 Å². The van der Waals surface area contributed by atoms with Gasteiger partial charge < -0.3 is 10.1 Å². The van der Waals surface area contributed by atoms with Crippen LogP contribution in [0.5, 0.6) is 11.5 Å².